The highest BCUT2D eigenvalue weighted by molar-refractivity contribution is 6.33. The number of aryl methyl sites for hydroxylation is 1. The third-order valence-electron chi connectivity index (χ3n) is 5.76. The Hall–Kier alpha value is -3.38. The SMILES string of the molecule is Cc1cc(N2CCN(c3cnn(-c4ccccc4)c(=O)c3Cl)CC2)nc2ccccc12. The fourth-order valence-electron chi connectivity index (χ4n) is 4.07. The van der Waals surface area contributed by atoms with E-state index in [0.717, 1.165) is 37.5 Å². The first-order valence-electron chi connectivity index (χ1n) is 10.3. The molecule has 0 radical (unpaired) electrons. The minimum atomic E-state index is -0.306. The molecule has 2 aromatic carbocycles. The molecule has 6 nitrogen and oxygen atoms in total. The van der Waals surface area contributed by atoms with E-state index in [1.807, 2.05) is 42.5 Å². The van der Waals surface area contributed by atoms with Crippen LogP contribution in [0.4, 0.5) is 11.5 Å². The Morgan fingerprint density at radius 3 is 2.35 bits per heavy atom. The van der Waals surface area contributed by atoms with E-state index >= 15 is 0 Å². The maximum absolute atomic E-state index is 12.8. The highest BCUT2D eigenvalue weighted by Gasteiger charge is 2.22. The van der Waals surface area contributed by atoms with Gasteiger partial charge in [0, 0.05) is 31.6 Å². The first-order chi connectivity index (χ1) is 15.1. The number of aromatic nitrogens is 3. The van der Waals surface area contributed by atoms with Gasteiger partial charge < -0.3 is 9.80 Å². The Labute approximate surface area is 185 Å². The molecule has 5 rings (SSSR count). The van der Waals surface area contributed by atoms with Crippen molar-refractivity contribution in [3.63, 3.8) is 0 Å². The summed E-state index contributed by atoms with van der Waals surface area (Å²) in [4.78, 5) is 22.1. The summed E-state index contributed by atoms with van der Waals surface area (Å²) < 4.78 is 1.34. The predicted molar refractivity (Wildman–Crippen MR) is 126 cm³/mol. The molecule has 0 spiro atoms. The molecule has 1 aliphatic heterocycles. The number of para-hydroxylation sites is 2. The maximum atomic E-state index is 12.8. The van der Waals surface area contributed by atoms with E-state index in [1.165, 1.54) is 15.6 Å². The van der Waals surface area contributed by atoms with E-state index in [4.69, 9.17) is 16.6 Å². The lowest BCUT2D eigenvalue weighted by molar-refractivity contribution is 0.644. The summed E-state index contributed by atoms with van der Waals surface area (Å²) in [6.07, 6.45) is 1.69. The topological polar surface area (TPSA) is 54.3 Å². The minimum Gasteiger partial charge on any atom is -0.365 e. The molecule has 4 aromatic rings. The van der Waals surface area contributed by atoms with Crippen LogP contribution in [-0.4, -0.2) is 40.9 Å². The van der Waals surface area contributed by atoms with E-state index in [-0.39, 0.29) is 10.6 Å². The molecule has 3 heterocycles. The number of piperazine rings is 1. The van der Waals surface area contributed by atoms with Crippen molar-refractivity contribution in [1.82, 2.24) is 14.8 Å². The van der Waals surface area contributed by atoms with Gasteiger partial charge in [0.1, 0.15) is 10.8 Å². The molecule has 0 saturated carbocycles. The van der Waals surface area contributed by atoms with Crippen molar-refractivity contribution >= 4 is 34.0 Å². The molecule has 0 N–H and O–H groups in total. The average molecular weight is 432 g/mol. The molecular weight excluding hydrogens is 410 g/mol. The highest BCUT2D eigenvalue weighted by atomic mass is 35.5. The van der Waals surface area contributed by atoms with E-state index in [1.54, 1.807) is 6.20 Å². The van der Waals surface area contributed by atoms with Gasteiger partial charge in [0.2, 0.25) is 0 Å². The van der Waals surface area contributed by atoms with Gasteiger partial charge in [-0.25, -0.2) is 4.98 Å². The third-order valence-corrected chi connectivity index (χ3v) is 6.11. The van der Waals surface area contributed by atoms with E-state index in [0.29, 0.717) is 11.4 Å². The van der Waals surface area contributed by atoms with Gasteiger partial charge in [-0.05, 0) is 36.8 Å². The second kappa shape index (κ2) is 8.04. The second-order valence-electron chi connectivity index (χ2n) is 7.68. The lowest BCUT2D eigenvalue weighted by Crippen LogP contribution is -2.47. The van der Waals surface area contributed by atoms with Crippen molar-refractivity contribution in [1.29, 1.82) is 0 Å². The molecule has 0 bridgehead atoms. The molecule has 2 aromatic heterocycles. The highest BCUT2D eigenvalue weighted by Crippen LogP contribution is 2.26. The van der Waals surface area contributed by atoms with Crippen LogP contribution in [0.25, 0.3) is 16.6 Å². The Bertz CT molecular complexity index is 1300. The lowest BCUT2D eigenvalue weighted by atomic mass is 10.1. The van der Waals surface area contributed by atoms with Crippen molar-refractivity contribution in [2.75, 3.05) is 36.0 Å². The zero-order chi connectivity index (χ0) is 21.4. The number of benzene rings is 2. The molecule has 7 heteroatoms. The Morgan fingerprint density at radius 1 is 0.903 bits per heavy atom. The lowest BCUT2D eigenvalue weighted by Gasteiger charge is -2.37. The molecule has 31 heavy (non-hydrogen) atoms. The fourth-order valence-corrected chi connectivity index (χ4v) is 4.32. The molecule has 0 atom stereocenters. The molecule has 0 aliphatic carbocycles. The molecule has 1 fully saturated rings. The van der Waals surface area contributed by atoms with Crippen LogP contribution in [0.1, 0.15) is 5.56 Å². The van der Waals surface area contributed by atoms with Crippen LogP contribution < -0.4 is 15.4 Å². The van der Waals surface area contributed by atoms with Crippen LogP contribution in [-0.2, 0) is 0 Å². The van der Waals surface area contributed by atoms with Crippen molar-refractivity contribution in [3.8, 4) is 5.69 Å². The minimum absolute atomic E-state index is 0.201. The molecule has 1 aliphatic rings. The van der Waals surface area contributed by atoms with Crippen LogP contribution in [0.2, 0.25) is 5.02 Å². The van der Waals surface area contributed by atoms with Crippen molar-refractivity contribution in [2.24, 2.45) is 0 Å². The second-order valence-corrected chi connectivity index (χ2v) is 8.06. The van der Waals surface area contributed by atoms with Crippen molar-refractivity contribution in [3.05, 3.63) is 87.8 Å². The van der Waals surface area contributed by atoms with Gasteiger partial charge in [-0.15, -0.1) is 0 Å². The van der Waals surface area contributed by atoms with E-state index in [2.05, 4.69) is 40.0 Å². The number of halogens is 1. The number of hydrogen-bond donors (Lipinski definition) is 0. The summed E-state index contributed by atoms with van der Waals surface area (Å²) in [5, 5.41) is 5.74. The van der Waals surface area contributed by atoms with Gasteiger partial charge in [0.15, 0.2) is 0 Å². The smallest absolute Gasteiger partial charge is 0.292 e. The summed E-state index contributed by atoms with van der Waals surface area (Å²) in [6.45, 7) is 5.19. The van der Waals surface area contributed by atoms with E-state index < -0.39 is 0 Å². The first kappa shape index (κ1) is 19.6. The molecule has 0 unspecified atom stereocenters. The zero-order valence-corrected chi connectivity index (χ0v) is 18.0. The number of anilines is 2. The predicted octanol–water partition coefficient (Wildman–Crippen LogP) is 4.07. The summed E-state index contributed by atoms with van der Waals surface area (Å²) in [5.41, 5.74) is 3.31. The van der Waals surface area contributed by atoms with Gasteiger partial charge in [-0.3, -0.25) is 4.79 Å². The first-order valence-corrected chi connectivity index (χ1v) is 10.7. The molecule has 156 valence electrons. The van der Waals surface area contributed by atoms with Crippen LogP contribution in [0, 0.1) is 6.92 Å². The van der Waals surface area contributed by atoms with E-state index in [9.17, 15) is 4.79 Å². The van der Waals surface area contributed by atoms with Gasteiger partial charge in [-0.2, -0.15) is 9.78 Å². The number of pyridine rings is 1. The number of hydrogen-bond acceptors (Lipinski definition) is 5. The standard InChI is InChI=1S/C24H22ClN5O/c1-17-15-22(27-20-10-6-5-9-19(17)20)29-13-11-28(12-14-29)21-16-26-30(24(31)23(21)25)18-7-3-2-4-8-18/h2-10,15-16H,11-14H2,1H3. The van der Waals surface area contributed by atoms with Gasteiger partial charge in [0.05, 0.1) is 23.1 Å². The summed E-state index contributed by atoms with van der Waals surface area (Å²) in [6, 6.07) is 19.7. The molecular formula is C24H22ClN5O. The number of nitrogens with zero attached hydrogens (tertiary/aromatic N) is 5. The number of rotatable bonds is 3. The van der Waals surface area contributed by atoms with Crippen LogP contribution in [0.15, 0.2) is 71.7 Å². The van der Waals surface area contributed by atoms with Crippen LogP contribution >= 0.6 is 11.6 Å². The van der Waals surface area contributed by atoms with Gasteiger partial charge >= 0.3 is 0 Å². The largest absolute Gasteiger partial charge is 0.365 e. The Kier molecular flexibility index (Phi) is 5.08. The summed E-state index contributed by atoms with van der Waals surface area (Å²) >= 11 is 6.48. The van der Waals surface area contributed by atoms with Gasteiger partial charge in [-0.1, -0.05) is 48.0 Å². The third kappa shape index (κ3) is 3.64. The molecule has 0 amide bonds. The van der Waals surface area contributed by atoms with Crippen LogP contribution in [0.5, 0.6) is 0 Å². The summed E-state index contributed by atoms with van der Waals surface area (Å²) in [5.74, 6) is 0.986. The van der Waals surface area contributed by atoms with Crippen LogP contribution in [0.3, 0.4) is 0 Å². The Balaban J connectivity index is 1.36. The maximum Gasteiger partial charge on any atom is 0.292 e. The zero-order valence-electron chi connectivity index (χ0n) is 17.2. The normalized spacial score (nSPS) is 14.3. The van der Waals surface area contributed by atoms with Gasteiger partial charge in [0.25, 0.3) is 5.56 Å². The fraction of sp³-hybridized carbons (Fsp3) is 0.208. The average Bonchev–Trinajstić information content (AvgIpc) is 2.81. The quantitative estimate of drug-likeness (QED) is 0.489. The monoisotopic (exact) mass is 431 g/mol. The summed E-state index contributed by atoms with van der Waals surface area (Å²) in [7, 11) is 0. The molecule has 1 saturated heterocycles. The number of fused-ring (bicyclic) bond motifs is 1. The van der Waals surface area contributed by atoms with Crippen molar-refractivity contribution in [2.45, 2.75) is 6.92 Å². The Morgan fingerprint density at radius 2 is 1.58 bits per heavy atom. The van der Waals surface area contributed by atoms with Crippen molar-refractivity contribution < 1.29 is 0 Å².